The van der Waals surface area contributed by atoms with Gasteiger partial charge in [-0.25, -0.2) is 0 Å². The molecular weight excluding hydrogens is 283 g/mol. The summed E-state index contributed by atoms with van der Waals surface area (Å²) in [5, 5.41) is 4.50. The van der Waals surface area contributed by atoms with E-state index in [0.29, 0.717) is 22.4 Å². The fourth-order valence-electron chi connectivity index (χ4n) is 1.59. The van der Waals surface area contributed by atoms with Crippen LogP contribution in [0.4, 0.5) is 0 Å². The number of nitrogens with zero attached hydrogens (tertiary/aromatic N) is 1. The molecule has 19 heavy (non-hydrogen) atoms. The molecule has 0 spiro atoms. The van der Waals surface area contributed by atoms with Crippen LogP contribution in [-0.2, 0) is 6.54 Å². The van der Waals surface area contributed by atoms with Gasteiger partial charge in [-0.1, -0.05) is 30.1 Å². The first-order chi connectivity index (χ1) is 9.04. The number of ether oxygens (including phenoxy) is 1. The Hall–Kier alpha value is -0.480. The minimum absolute atomic E-state index is 0.574. The summed E-state index contributed by atoms with van der Waals surface area (Å²) in [6.07, 6.45) is 0.931. The summed E-state index contributed by atoms with van der Waals surface area (Å²) in [4.78, 5) is 2.13. The van der Waals surface area contributed by atoms with E-state index >= 15 is 0 Å². The Morgan fingerprint density at radius 1 is 1.21 bits per heavy atom. The highest BCUT2D eigenvalue weighted by Crippen LogP contribution is 2.34. The second kappa shape index (κ2) is 8.64. The Balaban J connectivity index is 2.56. The number of hydrogen-bond acceptors (Lipinski definition) is 3. The monoisotopic (exact) mass is 304 g/mol. The number of benzene rings is 1. The maximum atomic E-state index is 6.19. The zero-order valence-corrected chi connectivity index (χ0v) is 13.3. The molecule has 0 radical (unpaired) electrons. The molecule has 0 aliphatic rings. The van der Waals surface area contributed by atoms with Crippen LogP contribution in [0.3, 0.4) is 0 Å². The molecule has 0 saturated carbocycles. The summed E-state index contributed by atoms with van der Waals surface area (Å²) in [6, 6.07) is 3.81. The van der Waals surface area contributed by atoms with Gasteiger partial charge in [-0.3, -0.25) is 0 Å². The SMILES string of the molecule is CCCOc1c(Cl)cc(CNCCN(C)C)cc1Cl. The topological polar surface area (TPSA) is 24.5 Å². The van der Waals surface area contributed by atoms with Crippen molar-refractivity contribution in [2.24, 2.45) is 0 Å². The average Bonchev–Trinajstić information content (AvgIpc) is 2.33. The molecule has 0 bridgehead atoms. The lowest BCUT2D eigenvalue weighted by Crippen LogP contribution is -2.26. The van der Waals surface area contributed by atoms with E-state index in [1.165, 1.54) is 0 Å². The minimum Gasteiger partial charge on any atom is -0.490 e. The van der Waals surface area contributed by atoms with Crippen molar-refractivity contribution in [3.05, 3.63) is 27.7 Å². The number of nitrogens with one attached hydrogen (secondary N) is 1. The molecule has 1 aromatic rings. The van der Waals surface area contributed by atoms with E-state index in [9.17, 15) is 0 Å². The van der Waals surface area contributed by atoms with Gasteiger partial charge in [0.2, 0.25) is 0 Å². The highest BCUT2D eigenvalue weighted by molar-refractivity contribution is 6.37. The molecule has 1 N–H and O–H groups in total. The Kier molecular flexibility index (Phi) is 7.54. The third-order valence-corrected chi connectivity index (χ3v) is 3.14. The number of halogens is 2. The van der Waals surface area contributed by atoms with Crippen molar-refractivity contribution < 1.29 is 4.74 Å². The second-order valence-electron chi connectivity index (χ2n) is 4.72. The predicted octanol–water partition coefficient (Wildman–Crippen LogP) is 3.43. The van der Waals surface area contributed by atoms with Crippen LogP contribution in [0, 0.1) is 0 Å². The van der Waals surface area contributed by atoms with E-state index in [-0.39, 0.29) is 0 Å². The van der Waals surface area contributed by atoms with Crippen molar-refractivity contribution in [1.29, 1.82) is 0 Å². The fraction of sp³-hybridized carbons (Fsp3) is 0.571. The fourth-order valence-corrected chi connectivity index (χ4v) is 2.23. The Labute approximate surface area is 125 Å². The summed E-state index contributed by atoms with van der Waals surface area (Å²) < 4.78 is 5.54. The van der Waals surface area contributed by atoms with Gasteiger partial charge in [0.15, 0.2) is 5.75 Å². The summed E-state index contributed by atoms with van der Waals surface area (Å²) >= 11 is 12.4. The second-order valence-corrected chi connectivity index (χ2v) is 5.53. The molecule has 0 atom stereocenters. The van der Waals surface area contributed by atoms with Crippen LogP contribution >= 0.6 is 23.2 Å². The third kappa shape index (κ3) is 6.00. The first-order valence-corrected chi connectivity index (χ1v) is 7.26. The predicted molar refractivity (Wildman–Crippen MR) is 82.5 cm³/mol. The normalized spacial score (nSPS) is 11.1. The molecule has 0 heterocycles. The quantitative estimate of drug-likeness (QED) is 0.745. The minimum atomic E-state index is 0.574. The molecule has 5 heteroatoms. The lowest BCUT2D eigenvalue weighted by atomic mass is 10.2. The smallest absolute Gasteiger partial charge is 0.156 e. The molecule has 0 aromatic heterocycles. The summed E-state index contributed by atoms with van der Waals surface area (Å²) in [6.45, 7) is 5.35. The van der Waals surface area contributed by atoms with Crippen LogP contribution in [0.25, 0.3) is 0 Å². The molecule has 3 nitrogen and oxygen atoms in total. The molecule has 0 aliphatic heterocycles. The van der Waals surface area contributed by atoms with E-state index in [1.54, 1.807) is 0 Å². The first-order valence-electron chi connectivity index (χ1n) is 6.50. The number of rotatable bonds is 8. The van der Waals surface area contributed by atoms with E-state index in [0.717, 1.165) is 31.6 Å². The zero-order chi connectivity index (χ0) is 14.3. The van der Waals surface area contributed by atoms with Gasteiger partial charge in [-0.05, 0) is 38.2 Å². The van der Waals surface area contributed by atoms with Crippen LogP contribution < -0.4 is 10.1 Å². The highest BCUT2D eigenvalue weighted by atomic mass is 35.5. The Morgan fingerprint density at radius 3 is 2.37 bits per heavy atom. The molecule has 0 saturated heterocycles. The highest BCUT2D eigenvalue weighted by Gasteiger charge is 2.09. The third-order valence-electron chi connectivity index (χ3n) is 2.57. The van der Waals surface area contributed by atoms with Crippen molar-refractivity contribution >= 4 is 23.2 Å². The first kappa shape index (κ1) is 16.6. The summed E-state index contributed by atoms with van der Waals surface area (Å²) in [5.41, 5.74) is 1.07. The summed E-state index contributed by atoms with van der Waals surface area (Å²) in [7, 11) is 4.10. The lowest BCUT2D eigenvalue weighted by molar-refractivity contribution is 0.317. The molecule has 1 aromatic carbocycles. The van der Waals surface area contributed by atoms with Crippen molar-refractivity contribution in [1.82, 2.24) is 10.2 Å². The number of likely N-dealkylation sites (N-methyl/N-ethyl adjacent to an activating group) is 1. The van der Waals surface area contributed by atoms with Gasteiger partial charge in [0.05, 0.1) is 16.7 Å². The maximum absolute atomic E-state index is 6.19. The molecule has 0 unspecified atom stereocenters. The summed E-state index contributed by atoms with van der Waals surface area (Å²) in [5.74, 6) is 0.585. The van der Waals surface area contributed by atoms with E-state index in [1.807, 2.05) is 19.1 Å². The van der Waals surface area contributed by atoms with E-state index in [4.69, 9.17) is 27.9 Å². The van der Waals surface area contributed by atoms with E-state index < -0.39 is 0 Å². The van der Waals surface area contributed by atoms with Crippen molar-refractivity contribution in [2.75, 3.05) is 33.8 Å². The maximum Gasteiger partial charge on any atom is 0.156 e. The van der Waals surface area contributed by atoms with Gasteiger partial charge in [-0.15, -0.1) is 0 Å². The van der Waals surface area contributed by atoms with Crippen LogP contribution in [0.2, 0.25) is 10.0 Å². The Morgan fingerprint density at radius 2 is 1.84 bits per heavy atom. The van der Waals surface area contributed by atoms with Crippen LogP contribution in [0.1, 0.15) is 18.9 Å². The van der Waals surface area contributed by atoms with Crippen LogP contribution in [-0.4, -0.2) is 38.7 Å². The number of hydrogen-bond donors (Lipinski definition) is 1. The zero-order valence-electron chi connectivity index (χ0n) is 11.8. The van der Waals surface area contributed by atoms with Gasteiger partial charge in [0.25, 0.3) is 0 Å². The largest absolute Gasteiger partial charge is 0.490 e. The van der Waals surface area contributed by atoms with E-state index in [2.05, 4.69) is 24.3 Å². The van der Waals surface area contributed by atoms with Gasteiger partial charge in [-0.2, -0.15) is 0 Å². The van der Waals surface area contributed by atoms with Crippen molar-refractivity contribution in [3.63, 3.8) is 0 Å². The molecule has 0 aliphatic carbocycles. The Bertz CT molecular complexity index is 374. The van der Waals surface area contributed by atoms with Gasteiger partial charge < -0.3 is 15.0 Å². The van der Waals surface area contributed by atoms with Crippen LogP contribution in [0.15, 0.2) is 12.1 Å². The average molecular weight is 305 g/mol. The van der Waals surface area contributed by atoms with Crippen molar-refractivity contribution in [3.8, 4) is 5.75 Å². The van der Waals surface area contributed by atoms with Gasteiger partial charge in [0, 0.05) is 19.6 Å². The van der Waals surface area contributed by atoms with Gasteiger partial charge >= 0.3 is 0 Å². The molecule has 1 rings (SSSR count). The standard InChI is InChI=1S/C14H22Cl2N2O/c1-4-7-19-14-12(15)8-11(9-13(14)16)10-17-5-6-18(2)3/h8-9,17H,4-7,10H2,1-3H3. The lowest BCUT2D eigenvalue weighted by Gasteiger charge is -2.13. The van der Waals surface area contributed by atoms with Crippen LogP contribution in [0.5, 0.6) is 5.75 Å². The molecule has 0 fully saturated rings. The molecule has 0 amide bonds. The molecular formula is C14H22Cl2N2O. The van der Waals surface area contributed by atoms with Crippen molar-refractivity contribution in [2.45, 2.75) is 19.9 Å². The van der Waals surface area contributed by atoms with Gasteiger partial charge in [0.1, 0.15) is 0 Å². The molecule has 108 valence electrons.